The molecule has 0 spiro atoms. The van der Waals surface area contributed by atoms with Gasteiger partial charge in [-0.25, -0.2) is 4.39 Å². The molecule has 0 amide bonds. The average Bonchev–Trinajstić information content (AvgIpc) is 2.55. The highest BCUT2D eigenvalue weighted by atomic mass is 35.5. The van der Waals surface area contributed by atoms with Gasteiger partial charge in [-0.3, -0.25) is 0 Å². The highest BCUT2D eigenvalue weighted by Crippen LogP contribution is 2.37. The fraction of sp³-hybridized carbons (Fsp3) is 0.571. The summed E-state index contributed by atoms with van der Waals surface area (Å²) in [4.78, 5) is 0. The van der Waals surface area contributed by atoms with Crippen molar-refractivity contribution in [2.45, 2.75) is 45.8 Å². The van der Waals surface area contributed by atoms with E-state index in [0.29, 0.717) is 12.1 Å². The molecule has 6 heteroatoms. The zero-order valence-electron chi connectivity index (χ0n) is 12.4. The molecule has 1 aliphatic heterocycles. The molecule has 0 saturated carbocycles. The summed E-state index contributed by atoms with van der Waals surface area (Å²) in [7, 11) is -0.673. The van der Waals surface area contributed by atoms with E-state index in [9.17, 15) is 4.39 Å². The van der Waals surface area contributed by atoms with Crippen LogP contribution in [0.3, 0.4) is 0 Å². The zero-order valence-corrected chi connectivity index (χ0v) is 13.2. The van der Waals surface area contributed by atoms with Crippen molar-refractivity contribution in [3.8, 4) is 5.75 Å². The van der Waals surface area contributed by atoms with Crippen LogP contribution in [-0.4, -0.2) is 24.9 Å². The first-order chi connectivity index (χ1) is 9.19. The van der Waals surface area contributed by atoms with E-state index in [-0.39, 0.29) is 10.8 Å². The third kappa shape index (κ3) is 2.54. The van der Waals surface area contributed by atoms with Gasteiger partial charge in [-0.05, 0) is 40.7 Å². The summed E-state index contributed by atoms with van der Waals surface area (Å²) in [6.45, 7) is 9.90. The second-order valence-electron chi connectivity index (χ2n) is 5.80. The van der Waals surface area contributed by atoms with E-state index < -0.39 is 24.1 Å². The highest BCUT2D eigenvalue weighted by Gasteiger charge is 2.52. The third-order valence-electron chi connectivity index (χ3n) is 3.88. The molecule has 0 radical (unpaired) electrons. The Morgan fingerprint density at radius 1 is 1.20 bits per heavy atom. The maximum absolute atomic E-state index is 14.1. The van der Waals surface area contributed by atoms with Crippen molar-refractivity contribution >= 4 is 24.2 Å². The van der Waals surface area contributed by atoms with E-state index >= 15 is 0 Å². The van der Waals surface area contributed by atoms with Crippen molar-refractivity contribution < 1.29 is 18.4 Å². The van der Waals surface area contributed by atoms with Crippen molar-refractivity contribution in [3.05, 3.63) is 23.0 Å². The van der Waals surface area contributed by atoms with E-state index in [1.807, 2.05) is 27.7 Å². The number of hydrogen-bond donors (Lipinski definition) is 0. The zero-order chi connectivity index (χ0) is 15.1. The molecule has 110 valence electrons. The maximum Gasteiger partial charge on any atom is 0.498 e. The minimum absolute atomic E-state index is 0.0220. The second kappa shape index (κ2) is 5.21. The Balaban J connectivity index is 2.42. The second-order valence-corrected chi connectivity index (χ2v) is 6.21. The molecule has 0 unspecified atom stereocenters. The number of hydrogen-bond acceptors (Lipinski definition) is 3. The summed E-state index contributed by atoms with van der Waals surface area (Å²) in [6.07, 6.45) is 0. The van der Waals surface area contributed by atoms with Crippen LogP contribution in [0, 0.1) is 5.82 Å². The van der Waals surface area contributed by atoms with E-state index in [1.165, 1.54) is 6.07 Å². The summed E-state index contributed by atoms with van der Waals surface area (Å²) < 4.78 is 31.3. The molecule has 1 aliphatic rings. The van der Waals surface area contributed by atoms with Crippen LogP contribution in [0.4, 0.5) is 4.39 Å². The van der Waals surface area contributed by atoms with Gasteiger partial charge in [-0.1, -0.05) is 17.7 Å². The number of benzene rings is 1. The van der Waals surface area contributed by atoms with Crippen LogP contribution in [0.15, 0.2) is 12.1 Å². The fourth-order valence-corrected chi connectivity index (χ4v) is 2.14. The molecule has 3 nitrogen and oxygen atoms in total. The molecule has 1 aromatic rings. The van der Waals surface area contributed by atoms with Crippen LogP contribution in [0.1, 0.15) is 34.6 Å². The lowest BCUT2D eigenvalue weighted by Gasteiger charge is -2.32. The molecule has 1 heterocycles. The molecule has 2 rings (SSSR count). The lowest BCUT2D eigenvalue weighted by Crippen LogP contribution is -2.41. The van der Waals surface area contributed by atoms with Gasteiger partial charge in [0.1, 0.15) is 0 Å². The molecule has 0 aromatic heterocycles. The molecule has 0 aliphatic carbocycles. The van der Waals surface area contributed by atoms with Crippen molar-refractivity contribution in [1.29, 1.82) is 0 Å². The van der Waals surface area contributed by atoms with Crippen LogP contribution in [0.2, 0.25) is 5.02 Å². The van der Waals surface area contributed by atoms with Crippen LogP contribution < -0.4 is 10.2 Å². The summed E-state index contributed by atoms with van der Waals surface area (Å²) in [5.74, 6) is -0.487. The van der Waals surface area contributed by atoms with Crippen LogP contribution in [0.25, 0.3) is 0 Å². The minimum atomic E-state index is -0.673. The Kier molecular flexibility index (Phi) is 4.06. The summed E-state index contributed by atoms with van der Waals surface area (Å²) in [6, 6.07) is 3.17. The summed E-state index contributed by atoms with van der Waals surface area (Å²) >= 11 is 5.80. The van der Waals surface area contributed by atoms with Gasteiger partial charge in [0, 0.05) is 5.46 Å². The smallest absolute Gasteiger partial charge is 0.491 e. The molecule has 0 atom stereocenters. The first kappa shape index (κ1) is 15.6. The van der Waals surface area contributed by atoms with Crippen LogP contribution in [-0.2, 0) is 9.31 Å². The topological polar surface area (TPSA) is 27.7 Å². The van der Waals surface area contributed by atoms with Crippen molar-refractivity contribution in [2.75, 3.05) is 6.61 Å². The minimum Gasteiger partial charge on any atom is -0.491 e. The number of halogens is 2. The first-order valence-electron chi connectivity index (χ1n) is 6.66. The van der Waals surface area contributed by atoms with Crippen molar-refractivity contribution in [1.82, 2.24) is 0 Å². The van der Waals surface area contributed by atoms with Crippen LogP contribution >= 0.6 is 11.6 Å². The summed E-state index contributed by atoms with van der Waals surface area (Å²) in [5, 5.41) is 0.0220. The third-order valence-corrected chi connectivity index (χ3v) is 4.17. The Morgan fingerprint density at radius 3 is 2.25 bits per heavy atom. The molecule has 20 heavy (non-hydrogen) atoms. The molecular weight excluding hydrogens is 281 g/mol. The van der Waals surface area contributed by atoms with Gasteiger partial charge in [0.15, 0.2) is 11.6 Å². The van der Waals surface area contributed by atoms with E-state index in [1.54, 1.807) is 13.0 Å². The van der Waals surface area contributed by atoms with E-state index in [4.69, 9.17) is 25.6 Å². The van der Waals surface area contributed by atoms with Crippen molar-refractivity contribution in [2.24, 2.45) is 0 Å². The number of ether oxygens (including phenoxy) is 1. The Morgan fingerprint density at radius 2 is 1.75 bits per heavy atom. The van der Waals surface area contributed by atoms with Gasteiger partial charge >= 0.3 is 7.12 Å². The Bertz CT molecular complexity index is 503. The van der Waals surface area contributed by atoms with Gasteiger partial charge in [-0.2, -0.15) is 0 Å². The normalized spacial score (nSPS) is 20.2. The van der Waals surface area contributed by atoms with Gasteiger partial charge < -0.3 is 14.0 Å². The average molecular weight is 301 g/mol. The SMILES string of the molecule is CCOc1c(B2OC(C)(C)C(C)(C)O2)ccc(Cl)c1F. The summed E-state index contributed by atoms with van der Waals surface area (Å²) in [5.41, 5.74) is -0.457. The van der Waals surface area contributed by atoms with Gasteiger partial charge in [0.05, 0.1) is 22.8 Å². The Hall–Kier alpha value is -0.775. The lowest BCUT2D eigenvalue weighted by atomic mass is 9.78. The Labute approximate surface area is 124 Å². The molecule has 1 saturated heterocycles. The fourth-order valence-electron chi connectivity index (χ4n) is 1.99. The van der Waals surface area contributed by atoms with Crippen molar-refractivity contribution in [3.63, 3.8) is 0 Å². The molecule has 1 aromatic carbocycles. The molecular formula is C14H19BClFO3. The lowest BCUT2D eigenvalue weighted by molar-refractivity contribution is 0.00578. The standard InChI is InChI=1S/C14H19BClFO3/c1-6-18-12-9(7-8-10(16)11(12)17)15-19-13(2,3)14(4,5)20-15/h7-8H,6H2,1-5H3. The maximum atomic E-state index is 14.1. The van der Waals surface area contributed by atoms with Gasteiger partial charge in [0.2, 0.25) is 0 Å². The van der Waals surface area contributed by atoms with Gasteiger partial charge in [0.25, 0.3) is 0 Å². The quantitative estimate of drug-likeness (QED) is 0.803. The predicted octanol–water partition coefficient (Wildman–Crippen LogP) is 3.18. The van der Waals surface area contributed by atoms with Gasteiger partial charge in [-0.15, -0.1) is 0 Å². The van der Waals surface area contributed by atoms with Crippen LogP contribution in [0.5, 0.6) is 5.75 Å². The first-order valence-corrected chi connectivity index (χ1v) is 7.03. The molecule has 1 fully saturated rings. The van der Waals surface area contributed by atoms with E-state index in [2.05, 4.69) is 0 Å². The number of rotatable bonds is 3. The predicted molar refractivity (Wildman–Crippen MR) is 78.3 cm³/mol. The monoisotopic (exact) mass is 300 g/mol. The molecule has 0 N–H and O–H groups in total. The largest absolute Gasteiger partial charge is 0.498 e. The molecule has 0 bridgehead atoms. The highest BCUT2D eigenvalue weighted by molar-refractivity contribution is 6.63. The van der Waals surface area contributed by atoms with E-state index in [0.717, 1.165) is 0 Å².